The van der Waals surface area contributed by atoms with Gasteiger partial charge in [-0.05, 0) is 50.3 Å². The third-order valence-corrected chi connectivity index (χ3v) is 9.52. The van der Waals surface area contributed by atoms with E-state index in [0.717, 1.165) is 63.1 Å². The average Bonchev–Trinajstić information content (AvgIpc) is 3.89. The zero-order valence-electron chi connectivity index (χ0n) is 31.8. The van der Waals surface area contributed by atoms with Crippen molar-refractivity contribution < 1.29 is 33.2 Å². The molecular weight excluding hydrogens is 708 g/mol. The van der Waals surface area contributed by atoms with Gasteiger partial charge in [-0.3, -0.25) is 9.58 Å². The number of ether oxygens (including phenoxy) is 7. The van der Waals surface area contributed by atoms with Crippen LogP contribution in [-0.4, -0.2) is 138 Å². The van der Waals surface area contributed by atoms with E-state index >= 15 is 0 Å². The first-order chi connectivity index (χ1) is 27.1. The molecule has 1 aliphatic carbocycles. The number of nitriles is 1. The molecule has 1 atom stereocenters. The second kappa shape index (κ2) is 21.4. The normalized spacial score (nSPS) is 18.1. The van der Waals surface area contributed by atoms with Gasteiger partial charge in [-0.25, -0.2) is 19.6 Å². The Bertz CT molecular complexity index is 1740. The lowest BCUT2D eigenvalue weighted by molar-refractivity contribution is -0.0000652. The molecule has 296 valence electrons. The van der Waals surface area contributed by atoms with Crippen molar-refractivity contribution in [2.45, 2.75) is 57.3 Å². The smallest absolute Gasteiger partial charge is 0.257 e. The molecule has 55 heavy (non-hydrogen) atoms. The SMILES string of the molecule is COCCOCCOCCOCCOc1nn([C@H]2CC[C@H](N3CCOCC3)CC2)cc1Nc1ncc(-c2ccc(C#N)c(O[C@@H](C)Cn3cncn3)c2)cn1. The molecule has 0 unspecified atom stereocenters. The fraction of sp³-hybridized carbons (Fsp3) is 0.579. The number of methoxy groups -OCH3 is 1. The van der Waals surface area contributed by atoms with Crippen LogP contribution in [0.25, 0.3) is 11.1 Å². The summed E-state index contributed by atoms with van der Waals surface area (Å²) in [5.41, 5.74) is 2.70. The van der Waals surface area contributed by atoms with Gasteiger partial charge in [0.15, 0.2) is 0 Å². The Morgan fingerprint density at radius 3 is 2.27 bits per heavy atom. The Kier molecular flexibility index (Phi) is 15.6. The Morgan fingerprint density at radius 1 is 0.909 bits per heavy atom. The van der Waals surface area contributed by atoms with Crippen LogP contribution in [-0.2, 0) is 30.2 Å². The lowest BCUT2D eigenvalue weighted by Gasteiger charge is -2.38. The highest BCUT2D eigenvalue weighted by Crippen LogP contribution is 2.35. The lowest BCUT2D eigenvalue weighted by atomic mass is 9.90. The van der Waals surface area contributed by atoms with Crippen LogP contribution in [0.5, 0.6) is 11.6 Å². The number of hydrogen-bond donors (Lipinski definition) is 1. The molecule has 1 saturated carbocycles. The summed E-state index contributed by atoms with van der Waals surface area (Å²) in [5, 5.41) is 22.1. The quantitative estimate of drug-likeness (QED) is 0.114. The van der Waals surface area contributed by atoms with Gasteiger partial charge in [0, 0.05) is 44.2 Å². The molecule has 4 aromatic rings. The van der Waals surface area contributed by atoms with Gasteiger partial charge in [0.1, 0.15) is 42.9 Å². The molecule has 0 spiro atoms. The topological polar surface area (TPSA) is 178 Å². The van der Waals surface area contributed by atoms with Gasteiger partial charge < -0.3 is 38.5 Å². The Labute approximate surface area is 321 Å². The monoisotopic (exact) mass is 760 g/mol. The molecular formula is C38H52N10O7. The first kappa shape index (κ1) is 40.0. The number of anilines is 2. The molecule has 17 nitrogen and oxygen atoms in total. The first-order valence-electron chi connectivity index (χ1n) is 19.0. The van der Waals surface area contributed by atoms with Crippen molar-refractivity contribution in [3.05, 3.63) is 55.0 Å². The lowest BCUT2D eigenvalue weighted by Crippen LogP contribution is -2.45. The van der Waals surface area contributed by atoms with E-state index in [9.17, 15) is 5.26 Å². The predicted octanol–water partition coefficient (Wildman–Crippen LogP) is 3.91. The number of benzene rings is 1. The third kappa shape index (κ3) is 12.1. The van der Waals surface area contributed by atoms with Crippen LogP contribution in [0.3, 0.4) is 0 Å². The Morgan fingerprint density at radius 2 is 1.60 bits per heavy atom. The van der Waals surface area contributed by atoms with Crippen LogP contribution < -0.4 is 14.8 Å². The van der Waals surface area contributed by atoms with E-state index < -0.39 is 0 Å². The van der Waals surface area contributed by atoms with E-state index in [4.69, 9.17) is 38.3 Å². The van der Waals surface area contributed by atoms with Gasteiger partial charge >= 0.3 is 0 Å². The standard InChI is InChI=1S/C38H52N10O7/c1-29(25-47-28-40-27-43-47)55-36-21-30(3-4-31(36)22-39)32-23-41-38(42-24-32)44-35-26-48(34-7-5-33(6-8-34)46-9-11-50-12-10-46)45-37(35)54-20-19-53-18-17-52-16-15-51-14-13-49-2/h3-4,21,23-24,26-29,33-34H,5-20,25H2,1-2H3,(H,41,42,44)/t29-,33-,34-/m0/s1. The maximum atomic E-state index is 9.72. The molecule has 0 bridgehead atoms. The fourth-order valence-corrected chi connectivity index (χ4v) is 6.66. The van der Waals surface area contributed by atoms with Crippen molar-refractivity contribution in [1.82, 2.24) is 39.4 Å². The highest BCUT2D eigenvalue weighted by atomic mass is 16.6. The summed E-state index contributed by atoms with van der Waals surface area (Å²) in [5.74, 6) is 1.34. The highest BCUT2D eigenvalue weighted by molar-refractivity contribution is 5.67. The van der Waals surface area contributed by atoms with Crippen LogP contribution in [0, 0.1) is 11.3 Å². The summed E-state index contributed by atoms with van der Waals surface area (Å²) in [4.78, 5) is 15.8. The highest BCUT2D eigenvalue weighted by Gasteiger charge is 2.29. The number of nitrogens with one attached hydrogen (secondary N) is 1. The zero-order valence-corrected chi connectivity index (χ0v) is 31.8. The minimum absolute atomic E-state index is 0.244. The average molecular weight is 761 g/mol. The van der Waals surface area contributed by atoms with Crippen LogP contribution in [0.1, 0.15) is 44.2 Å². The van der Waals surface area contributed by atoms with Gasteiger partial charge in [0.2, 0.25) is 5.95 Å². The molecule has 0 radical (unpaired) electrons. The van der Waals surface area contributed by atoms with Crippen molar-refractivity contribution in [3.63, 3.8) is 0 Å². The van der Waals surface area contributed by atoms with Crippen molar-refractivity contribution >= 4 is 11.6 Å². The fourth-order valence-electron chi connectivity index (χ4n) is 6.66. The van der Waals surface area contributed by atoms with Crippen molar-refractivity contribution in [2.24, 2.45) is 0 Å². The number of morpholine rings is 1. The van der Waals surface area contributed by atoms with E-state index in [-0.39, 0.29) is 12.1 Å². The molecule has 2 aliphatic rings. The van der Waals surface area contributed by atoms with Gasteiger partial charge in [0.25, 0.3) is 5.88 Å². The van der Waals surface area contributed by atoms with Gasteiger partial charge in [0.05, 0.1) is 83.8 Å². The third-order valence-electron chi connectivity index (χ3n) is 9.52. The maximum absolute atomic E-state index is 9.72. The first-order valence-corrected chi connectivity index (χ1v) is 19.0. The second-order valence-corrected chi connectivity index (χ2v) is 13.4. The number of aromatic nitrogens is 7. The van der Waals surface area contributed by atoms with Crippen LogP contribution in [0.15, 0.2) is 49.4 Å². The maximum Gasteiger partial charge on any atom is 0.257 e. The largest absolute Gasteiger partial charge is 0.487 e. The summed E-state index contributed by atoms with van der Waals surface area (Å²) in [7, 11) is 1.65. The van der Waals surface area contributed by atoms with Crippen molar-refractivity contribution in [2.75, 3.05) is 91.6 Å². The van der Waals surface area contributed by atoms with E-state index in [2.05, 4.69) is 36.3 Å². The minimum Gasteiger partial charge on any atom is -0.487 e. The molecule has 6 rings (SSSR count). The van der Waals surface area contributed by atoms with Crippen molar-refractivity contribution in [3.8, 4) is 28.8 Å². The molecule has 1 aromatic carbocycles. The summed E-state index contributed by atoms with van der Waals surface area (Å²) in [6.07, 6.45) is 12.6. The minimum atomic E-state index is -0.244. The van der Waals surface area contributed by atoms with Gasteiger partial charge in [-0.2, -0.15) is 10.4 Å². The zero-order chi connectivity index (χ0) is 38.1. The second-order valence-electron chi connectivity index (χ2n) is 13.4. The molecule has 17 heteroatoms. The predicted molar refractivity (Wildman–Crippen MR) is 201 cm³/mol. The van der Waals surface area contributed by atoms with Crippen LogP contribution in [0.4, 0.5) is 11.6 Å². The van der Waals surface area contributed by atoms with E-state index in [1.807, 2.05) is 29.9 Å². The summed E-state index contributed by atoms with van der Waals surface area (Å²) < 4.78 is 43.2. The molecule has 3 aromatic heterocycles. The van der Waals surface area contributed by atoms with E-state index in [0.29, 0.717) is 94.3 Å². The molecule has 2 fully saturated rings. The molecule has 1 saturated heterocycles. The van der Waals surface area contributed by atoms with E-state index in [1.165, 1.54) is 6.33 Å². The molecule has 4 heterocycles. The number of hydrogen-bond acceptors (Lipinski definition) is 15. The van der Waals surface area contributed by atoms with Crippen molar-refractivity contribution in [1.29, 1.82) is 5.26 Å². The summed E-state index contributed by atoms with van der Waals surface area (Å²) in [6, 6.07) is 8.49. The molecule has 0 amide bonds. The number of nitrogens with zero attached hydrogens (tertiary/aromatic N) is 9. The summed E-state index contributed by atoms with van der Waals surface area (Å²) >= 11 is 0. The Hall–Kier alpha value is -4.70. The van der Waals surface area contributed by atoms with Crippen LogP contribution >= 0.6 is 0 Å². The summed E-state index contributed by atoms with van der Waals surface area (Å²) in [6.45, 7) is 9.79. The van der Waals surface area contributed by atoms with E-state index in [1.54, 1.807) is 36.6 Å². The Balaban J connectivity index is 1.06. The van der Waals surface area contributed by atoms with Gasteiger partial charge in [-0.1, -0.05) is 6.07 Å². The number of rotatable bonds is 22. The molecule has 1 aliphatic heterocycles. The molecule has 1 N–H and O–H groups in total. The van der Waals surface area contributed by atoms with Gasteiger partial charge in [-0.15, -0.1) is 5.10 Å². The van der Waals surface area contributed by atoms with Crippen LogP contribution in [0.2, 0.25) is 0 Å².